The van der Waals surface area contributed by atoms with E-state index in [9.17, 15) is 4.79 Å². The van der Waals surface area contributed by atoms with E-state index in [4.69, 9.17) is 11.0 Å². The Bertz CT molecular complexity index is 897. The molecule has 0 bridgehead atoms. The lowest BCUT2D eigenvalue weighted by Crippen LogP contribution is -2.10. The molecule has 0 saturated carbocycles. The van der Waals surface area contributed by atoms with Crippen molar-refractivity contribution in [1.82, 2.24) is 9.97 Å². The molecule has 1 aromatic heterocycles. The largest absolute Gasteiger partial charge is 0.366 e. The molecule has 3 aromatic rings. The summed E-state index contributed by atoms with van der Waals surface area (Å²) in [6.45, 7) is 0. The fraction of sp³-hybridized carbons (Fsp3) is 0. The minimum Gasteiger partial charge on any atom is -0.366 e. The van der Waals surface area contributed by atoms with Crippen molar-refractivity contribution in [2.24, 2.45) is 5.73 Å². The predicted molar refractivity (Wildman–Crippen MR) is 82.5 cm³/mol. The van der Waals surface area contributed by atoms with E-state index in [1.165, 1.54) is 0 Å². The third kappa shape index (κ3) is 2.69. The first-order chi connectivity index (χ1) is 10.7. The van der Waals surface area contributed by atoms with E-state index >= 15 is 0 Å². The van der Waals surface area contributed by atoms with Crippen LogP contribution in [0.4, 0.5) is 11.6 Å². The fourth-order valence-electron chi connectivity index (χ4n) is 2.01. The number of anilines is 2. The molecular weight excluding hydrogens is 278 g/mol. The van der Waals surface area contributed by atoms with Crippen molar-refractivity contribution in [3.05, 3.63) is 59.8 Å². The number of nitrogens with zero attached hydrogens (tertiary/aromatic N) is 3. The number of primary amides is 1. The van der Waals surface area contributed by atoms with Crippen LogP contribution in [0.5, 0.6) is 0 Å². The second-order valence-electron chi connectivity index (χ2n) is 4.65. The number of aromatic nitrogens is 2. The highest BCUT2D eigenvalue weighted by molar-refractivity contribution is 5.93. The number of amides is 1. The van der Waals surface area contributed by atoms with Crippen LogP contribution < -0.4 is 11.1 Å². The summed E-state index contributed by atoms with van der Waals surface area (Å²) in [5.74, 6) is -0.0363. The Labute approximate surface area is 126 Å². The Morgan fingerprint density at radius 3 is 2.64 bits per heavy atom. The van der Waals surface area contributed by atoms with Gasteiger partial charge in [-0.1, -0.05) is 0 Å². The lowest BCUT2D eigenvalue weighted by atomic mass is 10.2. The fourth-order valence-corrected chi connectivity index (χ4v) is 2.01. The molecule has 0 spiro atoms. The molecule has 1 amide bonds. The molecule has 0 atom stereocenters. The van der Waals surface area contributed by atoms with Gasteiger partial charge in [-0.15, -0.1) is 0 Å². The molecule has 106 valence electrons. The number of carbonyl (C=O) groups excluding carboxylic acids is 1. The van der Waals surface area contributed by atoms with Crippen molar-refractivity contribution in [2.45, 2.75) is 0 Å². The Hall–Kier alpha value is -3.46. The molecule has 0 saturated heterocycles. The number of hydrogen-bond donors (Lipinski definition) is 2. The van der Waals surface area contributed by atoms with Crippen molar-refractivity contribution >= 4 is 28.4 Å². The zero-order valence-electron chi connectivity index (χ0n) is 11.4. The first-order valence-electron chi connectivity index (χ1n) is 6.49. The normalized spacial score (nSPS) is 10.1. The number of fused-ring (bicyclic) bond motifs is 1. The summed E-state index contributed by atoms with van der Waals surface area (Å²) in [6.07, 6.45) is 1.66. The summed E-state index contributed by atoms with van der Waals surface area (Å²) >= 11 is 0. The maximum absolute atomic E-state index is 11.0. The summed E-state index contributed by atoms with van der Waals surface area (Å²) < 4.78 is 0. The highest BCUT2D eigenvalue weighted by atomic mass is 16.1. The first kappa shape index (κ1) is 13.5. The molecule has 6 nitrogen and oxygen atoms in total. The average molecular weight is 289 g/mol. The lowest BCUT2D eigenvalue weighted by Gasteiger charge is -2.06. The Morgan fingerprint density at radius 2 is 1.95 bits per heavy atom. The molecule has 0 aliphatic rings. The molecule has 0 aliphatic carbocycles. The van der Waals surface area contributed by atoms with E-state index in [2.05, 4.69) is 21.4 Å². The van der Waals surface area contributed by atoms with Gasteiger partial charge in [0.15, 0.2) is 0 Å². The van der Waals surface area contributed by atoms with Gasteiger partial charge >= 0.3 is 0 Å². The number of nitrogens with one attached hydrogen (secondary N) is 1. The van der Waals surface area contributed by atoms with Crippen LogP contribution in [0.2, 0.25) is 0 Å². The second-order valence-corrected chi connectivity index (χ2v) is 4.65. The van der Waals surface area contributed by atoms with Crippen LogP contribution in [0.25, 0.3) is 10.9 Å². The van der Waals surface area contributed by atoms with Gasteiger partial charge in [-0.25, -0.2) is 9.97 Å². The molecule has 2 aromatic carbocycles. The van der Waals surface area contributed by atoms with Crippen molar-refractivity contribution in [2.75, 3.05) is 5.32 Å². The third-order valence-corrected chi connectivity index (χ3v) is 3.13. The minimum absolute atomic E-state index is 0.434. The van der Waals surface area contributed by atoms with E-state index in [1.807, 2.05) is 0 Å². The second kappa shape index (κ2) is 5.50. The summed E-state index contributed by atoms with van der Waals surface area (Å²) in [7, 11) is 0. The number of nitrogens with two attached hydrogens (primary N) is 1. The zero-order chi connectivity index (χ0) is 15.5. The van der Waals surface area contributed by atoms with E-state index in [1.54, 1.807) is 48.7 Å². The Morgan fingerprint density at radius 1 is 1.18 bits per heavy atom. The molecule has 0 aliphatic heterocycles. The summed E-state index contributed by atoms with van der Waals surface area (Å²) in [6, 6.07) is 14.0. The van der Waals surface area contributed by atoms with Gasteiger partial charge in [0.2, 0.25) is 11.9 Å². The lowest BCUT2D eigenvalue weighted by molar-refractivity contribution is 0.100. The Balaban J connectivity index is 1.87. The van der Waals surface area contributed by atoms with Crippen LogP contribution in [0.1, 0.15) is 15.9 Å². The van der Waals surface area contributed by atoms with E-state index in [-0.39, 0.29) is 0 Å². The molecule has 1 heterocycles. The highest BCUT2D eigenvalue weighted by Crippen LogP contribution is 2.18. The SMILES string of the molecule is N#Cc1ccc2nc(Nc3ccc(C(N)=O)cc3)ncc2c1. The van der Waals surface area contributed by atoms with Crippen LogP contribution in [0.15, 0.2) is 48.7 Å². The smallest absolute Gasteiger partial charge is 0.248 e. The number of rotatable bonds is 3. The number of carbonyl (C=O) groups is 1. The zero-order valence-corrected chi connectivity index (χ0v) is 11.4. The van der Waals surface area contributed by atoms with Gasteiger partial charge in [-0.3, -0.25) is 4.79 Å². The average Bonchev–Trinajstić information content (AvgIpc) is 2.55. The van der Waals surface area contributed by atoms with Gasteiger partial charge in [-0.05, 0) is 42.5 Å². The highest BCUT2D eigenvalue weighted by Gasteiger charge is 2.03. The third-order valence-electron chi connectivity index (χ3n) is 3.13. The molecule has 3 rings (SSSR count). The van der Waals surface area contributed by atoms with Gasteiger partial charge < -0.3 is 11.1 Å². The number of hydrogen-bond acceptors (Lipinski definition) is 5. The van der Waals surface area contributed by atoms with Crippen LogP contribution in [0.3, 0.4) is 0 Å². The molecule has 0 fully saturated rings. The Kier molecular flexibility index (Phi) is 3.38. The maximum atomic E-state index is 11.0. The van der Waals surface area contributed by atoms with Crippen molar-refractivity contribution in [1.29, 1.82) is 5.26 Å². The summed E-state index contributed by atoms with van der Waals surface area (Å²) in [4.78, 5) is 19.6. The van der Waals surface area contributed by atoms with Gasteiger partial charge in [0.25, 0.3) is 0 Å². The topological polar surface area (TPSA) is 105 Å². The monoisotopic (exact) mass is 289 g/mol. The van der Waals surface area contributed by atoms with Crippen LogP contribution in [0, 0.1) is 11.3 Å². The van der Waals surface area contributed by atoms with Gasteiger partial charge in [0, 0.05) is 22.8 Å². The minimum atomic E-state index is -0.471. The predicted octanol–water partition coefficient (Wildman–Crippen LogP) is 2.34. The molecular formula is C16H11N5O. The first-order valence-corrected chi connectivity index (χ1v) is 6.49. The molecule has 0 radical (unpaired) electrons. The van der Waals surface area contributed by atoms with Gasteiger partial charge in [0.1, 0.15) is 0 Å². The van der Waals surface area contributed by atoms with Crippen molar-refractivity contribution in [3.63, 3.8) is 0 Å². The summed E-state index contributed by atoms with van der Waals surface area (Å²) in [5.41, 5.74) is 7.69. The summed E-state index contributed by atoms with van der Waals surface area (Å²) in [5, 5.41) is 12.7. The van der Waals surface area contributed by atoms with E-state index < -0.39 is 5.91 Å². The van der Waals surface area contributed by atoms with E-state index in [0.717, 1.165) is 16.6 Å². The van der Waals surface area contributed by atoms with Crippen molar-refractivity contribution < 1.29 is 4.79 Å². The number of nitriles is 1. The van der Waals surface area contributed by atoms with Crippen LogP contribution >= 0.6 is 0 Å². The maximum Gasteiger partial charge on any atom is 0.248 e. The quantitative estimate of drug-likeness (QED) is 0.770. The van der Waals surface area contributed by atoms with Crippen LogP contribution in [-0.2, 0) is 0 Å². The molecule has 3 N–H and O–H groups in total. The molecule has 6 heteroatoms. The molecule has 22 heavy (non-hydrogen) atoms. The van der Waals surface area contributed by atoms with Crippen LogP contribution in [-0.4, -0.2) is 15.9 Å². The number of benzene rings is 2. The molecule has 0 unspecified atom stereocenters. The van der Waals surface area contributed by atoms with Gasteiger partial charge in [0.05, 0.1) is 17.1 Å². The van der Waals surface area contributed by atoms with Crippen molar-refractivity contribution in [3.8, 4) is 6.07 Å². The standard InChI is InChI=1S/C16H11N5O/c17-8-10-1-6-14-12(7-10)9-19-16(21-14)20-13-4-2-11(3-5-13)15(18)22/h1-7,9H,(H2,18,22)(H,19,20,21). The van der Waals surface area contributed by atoms with E-state index in [0.29, 0.717) is 17.1 Å². The van der Waals surface area contributed by atoms with Gasteiger partial charge in [-0.2, -0.15) is 5.26 Å².